The summed E-state index contributed by atoms with van der Waals surface area (Å²) in [6.45, 7) is 2.16. The van der Waals surface area contributed by atoms with Crippen LogP contribution >= 0.6 is 23.2 Å². The highest BCUT2D eigenvalue weighted by molar-refractivity contribution is 6.31. The molecule has 7 heteroatoms. The van der Waals surface area contributed by atoms with Gasteiger partial charge in [-0.15, -0.1) is 0 Å². The zero-order valence-electron chi connectivity index (χ0n) is 11.1. The summed E-state index contributed by atoms with van der Waals surface area (Å²) < 4.78 is 5.49. The molecule has 21 heavy (non-hydrogen) atoms. The smallest absolute Gasteiger partial charge is 0.224 e. The van der Waals surface area contributed by atoms with Gasteiger partial charge in [-0.05, 0) is 35.4 Å². The quantitative estimate of drug-likeness (QED) is 0.831. The molecule has 0 aliphatic carbocycles. The lowest BCUT2D eigenvalue weighted by Gasteiger charge is -2.24. The first-order valence-corrected chi connectivity index (χ1v) is 7.29. The van der Waals surface area contributed by atoms with Crippen molar-refractivity contribution >= 4 is 29.0 Å². The zero-order valence-corrected chi connectivity index (χ0v) is 12.7. The van der Waals surface area contributed by atoms with E-state index in [2.05, 4.69) is 15.3 Å². The van der Waals surface area contributed by atoms with Gasteiger partial charge in [0, 0.05) is 23.2 Å². The van der Waals surface area contributed by atoms with Gasteiger partial charge in [-0.25, -0.2) is 9.97 Å². The minimum atomic E-state index is 0.116. The van der Waals surface area contributed by atoms with Gasteiger partial charge < -0.3 is 15.8 Å². The Bertz CT molecular complexity index is 639. The number of nitrogen functional groups attached to an aromatic ring is 1. The first-order chi connectivity index (χ1) is 10.1. The predicted molar refractivity (Wildman–Crippen MR) is 83.5 cm³/mol. The number of anilines is 1. The monoisotopic (exact) mass is 324 g/mol. The fraction of sp³-hybridized carbons (Fsp3) is 0.286. The van der Waals surface area contributed by atoms with E-state index in [4.69, 9.17) is 33.7 Å². The molecule has 0 saturated carbocycles. The molecular weight excluding hydrogens is 311 g/mol. The molecule has 1 aromatic heterocycles. The van der Waals surface area contributed by atoms with Crippen molar-refractivity contribution in [2.75, 3.05) is 25.5 Å². The van der Waals surface area contributed by atoms with Crippen LogP contribution in [0.25, 0.3) is 11.3 Å². The van der Waals surface area contributed by atoms with Crippen LogP contribution in [-0.4, -0.2) is 29.7 Å². The fourth-order valence-electron chi connectivity index (χ4n) is 2.32. The van der Waals surface area contributed by atoms with Crippen LogP contribution in [0.5, 0.6) is 0 Å². The topological polar surface area (TPSA) is 73.1 Å². The van der Waals surface area contributed by atoms with Gasteiger partial charge in [-0.2, -0.15) is 0 Å². The van der Waals surface area contributed by atoms with Crippen LogP contribution in [0, 0.1) is 0 Å². The van der Waals surface area contributed by atoms with Crippen molar-refractivity contribution in [2.24, 2.45) is 0 Å². The van der Waals surface area contributed by atoms with Gasteiger partial charge in [-0.3, -0.25) is 0 Å². The minimum absolute atomic E-state index is 0.116. The van der Waals surface area contributed by atoms with Gasteiger partial charge in [0.2, 0.25) is 5.28 Å². The van der Waals surface area contributed by atoms with Crippen molar-refractivity contribution in [3.8, 4) is 11.3 Å². The lowest BCUT2D eigenvalue weighted by Crippen LogP contribution is -2.34. The molecule has 3 N–H and O–H groups in total. The van der Waals surface area contributed by atoms with Crippen LogP contribution in [0.3, 0.4) is 0 Å². The molecule has 0 spiro atoms. The number of hydrogen-bond donors (Lipinski definition) is 2. The Kier molecular flexibility index (Phi) is 4.26. The molecule has 0 amide bonds. The van der Waals surface area contributed by atoms with E-state index in [0.717, 1.165) is 24.3 Å². The first-order valence-electron chi connectivity index (χ1n) is 6.54. The third-order valence-electron chi connectivity index (χ3n) is 3.26. The summed E-state index contributed by atoms with van der Waals surface area (Å²) in [4.78, 5) is 8.06. The third-order valence-corrected chi connectivity index (χ3v) is 3.65. The molecular formula is C14H14Cl2N4O. The van der Waals surface area contributed by atoms with Gasteiger partial charge in [0.25, 0.3) is 0 Å². The number of aromatic nitrogens is 2. The lowest BCUT2D eigenvalue weighted by atomic mass is 10.0. The molecule has 2 aromatic rings. The number of ether oxygens (including phenoxy) is 1. The maximum Gasteiger partial charge on any atom is 0.224 e. The Morgan fingerprint density at radius 3 is 2.76 bits per heavy atom. The predicted octanol–water partition coefficient (Wildman–Crippen LogP) is 2.69. The van der Waals surface area contributed by atoms with E-state index in [1.165, 1.54) is 0 Å². The lowest BCUT2D eigenvalue weighted by molar-refractivity contribution is 0.0769. The molecule has 1 atom stereocenters. The summed E-state index contributed by atoms with van der Waals surface area (Å²) in [5.41, 5.74) is 8.26. The molecule has 2 heterocycles. The van der Waals surface area contributed by atoms with Crippen LogP contribution < -0.4 is 11.1 Å². The van der Waals surface area contributed by atoms with E-state index in [1.54, 1.807) is 6.07 Å². The Morgan fingerprint density at radius 2 is 2.05 bits per heavy atom. The average Bonchev–Trinajstić information content (AvgIpc) is 2.46. The van der Waals surface area contributed by atoms with Crippen molar-refractivity contribution in [2.45, 2.75) is 6.04 Å². The van der Waals surface area contributed by atoms with Crippen molar-refractivity contribution < 1.29 is 4.74 Å². The van der Waals surface area contributed by atoms with Gasteiger partial charge in [0.15, 0.2) is 0 Å². The summed E-state index contributed by atoms with van der Waals surface area (Å²) in [5, 5.41) is 4.14. The normalized spacial score (nSPS) is 18.7. The Morgan fingerprint density at radius 1 is 1.19 bits per heavy atom. The number of benzene rings is 1. The highest BCUT2D eigenvalue weighted by Crippen LogP contribution is 2.28. The maximum atomic E-state index is 6.22. The molecule has 0 radical (unpaired) electrons. The molecule has 1 aliphatic rings. The number of nitrogens with one attached hydrogen (secondary N) is 1. The van der Waals surface area contributed by atoms with Crippen LogP contribution in [-0.2, 0) is 4.74 Å². The highest BCUT2D eigenvalue weighted by atomic mass is 35.5. The molecule has 1 unspecified atom stereocenters. The molecule has 1 aromatic carbocycles. The molecule has 1 saturated heterocycles. The second kappa shape index (κ2) is 6.15. The average molecular weight is 325 g/mol. The molecule has 3 rings (SSSR count). The first kappa shape index (κ1) is 14.5. The number of morpholine rings is 1. The van der Waals surface area contributed by atoms with Gasteiger partial charge in [0.1, 0.15) is 5.82 Å². The van der Waals surface area contributed by atoms with Crippen molar-refractivity contribution in [3.63, 3.8) is 0 Å². The van der Waals surface area contributed by atoms with E-state index in [0.29, 0.717) is 23.1 Å². The molecule has 0 bridgehead atoms. The standard InChI is InChI=1S/C14H14Cl2N4O/c15-10-4-8(11-6-13(17)20-14(16)19-11)3-9(5-10)12-7-21-2-1-18-12/h3-6,12,18H,1-2,7H2,(H2,17,19,20). The molecule has 110 valence electrons. The summed E-state index contributed by atoms with van der Waals surface area (Å²) in [6, 6.07) is 7.55. The van der Waals surface area contributed by atoms with E-state index < -0.39 is 0 Å². The number of halogens is 2. The van der Waals surface area contributed by atoms with Crippen molar-refractivity contribution in [1.82, 2.24) is 15.3 Å². The Labute approximate surface area is 132 Å². The second-order valence-corrected chi connectivity index (χ2v) is 5.58. The van der Waals surface area contributed by atoms with Crippen LogP contribution in [0.1, 0.15) is 11.6 Å². The molecule has 1 fully saturated rings. The number of rotatable bonds is 2. The largest absolute Gasteiger partial charge is 0.384 e. The van der Waals surface area contributed by atoms with Gasteiger partial charge in [-0.1, -0.05) is 11.6 Å². The van der Waals surface area contributed by atoms with E-state index in [9.17, 15) is 0 Å². The van der Waals surface area contributed by atoms with E-state index in [1.807, 2.05) is 18.2 Å². The zero-order chi connectivity index (χ0) is 14.8. The third kappa shape index (κ3) is 3.44. The fourth-order valence-corrected chi connectivity index (χ4v) is 2.76. The summed E-state index contributed by atoms with van der Waals surface area (Å²) in [6.07, 6.45) is 0. The number of nitrogens with zero attached hydrogens (tertiary/aromatic N) is 2. The van der Waals surface area contributed by atoms with Gasteiger partial charge >= 0.3 is 0 Å². The van der Waals surface area contributed by atoms with Crippen LogP contribution in [0.2, 0.25) is 10.3 Å². The maximum absolute atomic E-state index is 6.22. The highest BCUT2D eigenvalue weighted by Gasteiger charge is 2.17. The minimum Gasteiger partial charge on any atom is -0.384 e. The summed E-state index contributed by atoms with van der Waals surface area (Å²) in [5.74, 6) is 0.325. The van der Waals surface area contributed by atoms with Crippen LogP contribution in [0.4, 0.5) is 5.82 Å². The van der Waals surface area contributed by atoms with Crippen LogP contribution in [0.15, 0.2) is 24.3 Å². The molecule has 5 nitrogen and oxygen atoms in total. The molecule has 1 aliphatic heterocycles. The van der Waals surface area contributed by atoms with E-state index >= 15 is 0 Å². The number of nitrogens with two attached hydrogens (primary N) is 1. The van der Waals surface area contributed by atoms with E-state index in [-0.39, 0.29) is 11.3 Å². The van der Waals surface area contributed by atoms with Crippen molar-refractivity contribution in [1.29, 1.82) is 0 Å². The Balaban J connectivity index is 2.00. The van der Waals surface area contributed by atoms with Gasteiger partial charge in [0.05, 0.1) is 24.9 Å². The second-order valence-electron chi connectivity index (χ2n) is 4.80. The summed E-state index contributed by atoms with van der Waals surface area (Å²) >= 11 is 12.1. The Hall–Kier alpha value is -1.40. The number of hydrogen-bond acceptors (Lipinski definition) is 5. The van der Waals surface area contributed by atoms with Crippen molar-refractivity contribution in [3.05, 3.63) is 40.1 Å². The SMILES string of the molecule is Nc1cc(-c2cc(Cl)cc(C3COCCN3)c2)nc(Cl)n1. The summed E-state index contributed by atoms with van der Waals surface area (Å²) in [7, 11) is 0.